The Bertz CT molecular complexity index is 1170. The van der Waals surface area contributed by atoms with Crippen molar-refractivity contribution in [2.75, 3.05) is 5.32 Å². The van der Waals surface area contributed by atoms with E-state index in [-0.39, 0.29) is 28.7 Å². The highest BCUT2D eigenvalue weighted by atomic mass is 35.5. The molecule has 0 spiro atoms. The summed E-state index contributed by atoms with van der Waals surface area (Å²) in [6.07, 6.45) is 1.33. The van der Waals surface area contributed by atoms with Gasteiger partial charge in [0.05, 0.1) is 0 Å². The van der Waals surface area contributed by atoms with E-state index in [0.717, 1.165) is 0 Å². The van der Waals surface area contributed by atoms with E-state index in [9.17, 15) is 18.8 Å². The Morgan fingerprint density at radius 1 is 1.17 bits per heavy atom. The van der Waals surface area contributed by atoms with Crippen LogP contribution in [0.5, 0.6) is 0 Å². The molecule has 2 N–H and O–H groups in total. The first-order chi connectivity index (χ1) is 14.2. The number of amides is 1. The Labute approximate surface area is 177 Å². The first-order valence-corrected chi connectivity index (χ1v) is 9.67. The molecule has 0 aliphatic heterocycles. The number of carbonyl (C=O) groups excluding carboxylic acids is 2. The van der Waals surface area contributed by atoms with Gasteiger partial charge in [-0.1, -0.05) is 29.8 Å². The van der Waals surface area contributed by atoms with Crippen molar-refractivity contribution in [1.29, 1.82) is 0 Å². The lowest BCUT2D eigenvalue weighted by Crippen LogP contribution is -2.15. The molecule has 1 atom stereocenters. The maximum Gasteiger partial charge on any atom is 0.250 e. The van der Waals surface area contributed by atoms with Gasteiger partial charge in [0, 0.05) is 47.3 Å². The molecule has 0 aliphatic carbocycles. The van der Waals surface area contributed by atoms with Crippen LogP contribution >= 0.6 is 11.6 Å². The fraction of sp³-hybridized carbons (Fsp3) is 0.174. The number of pyridine rings is 1. The summed E-state index contributed by atoms with van der Waals surface area (Å²) in [5.74, 6) is -1.63. The summed E-state index contributed by atoms with van der Waals surface area (Å²) < 4.78 is 14.8. The predicted molar refractivity (Wildman–Crippen MR) is 115 cm³/mol. The first kappa shape index (κ1) is 21.5. The summed E-state index contributed by atoms with van der Waals surface area (Å²) in [6.45, 7) is 3.01. The molecule has 0 radical (unpaired) electrons. The van der Waals surface area contributed by atoms with Gasteiger partial charge in [-0.25, -0.2) is 4.39 Å². The van der Waals surface area contributed by atoms with Crippen molar-refractivity contribution in [1.82, 2.24) is 4.98 Å². The molecule has 3 aromatic rings. The van der Waals surface area contributed by atoms with Gasteiger partial charge < -0.3 is 10.3 Å². The number of Topliss-reactive ketones (excluding diaryl/α,β-unsaturated/α-hetero) is 1. The summed E-state index contributed by atoms with van der Waals surface area (Å²) in [7, 11) is 0. The highest BCUT2D eigenvalue weighted by Crippen LogP contribution is 2.33. The Morgan fingerprint density at radius 2 is 1.93 bits per heavy atom. The van der Waals surface area contributed by atoms with Gasteiger partial charge in [0.2, 0.25) is 5.91 Å². The van der Waals surface area contributed by atoms with Crippen molar-refractivity contribution in [2.24, 2.45) is 0 Å². The number of rotatable bonds is 6. The summed E-state index contributed by atoms with van der Waals surface area (Å²) in [4.78, 5) is 38.5. The standard InChI is InChI=1S/C23H20ClFN2O3/c1-13-8-16(12-26-23(13)30)22(29)11-20(19-7-6-17(24)10-21(19)25)15-4-3-5-18(9-15)27-14(2)28/h3-10,12,20H,11H2,1-2H3,(H,26,30)(H,27,28). The van der Waals surface area contributed by atoms with Crippen LogP contribution < -0.4 is 10.9 Å². The van der Waals surface area contributed by atoms with Gasteiger partial charge in [0.15, 0.2) is 5.78 Å². The normalized spacial score (nSPS) is 11.7. The zero-order valence-electron chi connectivity index (χ0n) is 16.5. The van der Waals surface area contributed by atoms with E-state index in [1.807, 2.05) is 0 Å². The van der Waals surface area contributed by atoms with E-state index in [4.69, 9.17) is 11.6 Å². The summed E-state index contributed by atoms with van der Waals surface area (Å²) in [5, 5.41) is 2.95. The molecule has 30 heavy (non-hydrogen) atoms. The van der Waals surface area contributed by atoms with Crippen molar-refractivity contribution in [3.05, 3.63) is 98.2 Å². The van der Waals surface area contributed by atoms with E-state index in [1.54, 1.807) is 43.3 Å². The second-order valence-corrected chi connectivity index (χ2v) is 7.49. The number of aromatic nitrogens is 1. The minimum Gasteiger partial charge on any atom is -0.328 e. The maximum absolute atomic E-state index is 14.8. The molecular weight excluding hydrogens is 407 g/mol. The molecule has 0 aliphatic rings. The lowest BCUT2D eigenvalue weighted by Gasteiger charge is -2.19. The van der Waals surface area contributed by atoms with E-state index in [1.165, 1.54) is 25.3 Å². The number of aryl methyl sites for hydroxylation is 1. The van der Waals surface area contributed by atoms with Gasteiger partial charge in [-0.2, -0.15) is 0 Å². The molecule has 0 saturated carbocycles. The van der Waals surface area contributed by atoms with Gasteiger partial charge in [0.1, 0.15) is 5.82 Å². The number of H-pyrrole nitrogens is 1. The third kappa shape index (κ3) is 5.02. The third-order valence-corrected chi connectivity index (χ3v) is 4.98. The van der Waals surface area contributed by atoms with Crippen LogP contribution in [-0.4, -0.2) is 16.7 Å². The monoisotopic (exact) mass is 426 g/mol. The topological polar surface area (TPSA) is 79.0 Å². The Morgan fingerprint density at radius 3 is 2.60 bits per heavy atom. The van der Waals surface area contributed by atoms with Crippen LogP contribution in [0, 0.1) is 12.7 Å². The van der Waals surface area contributed by atoms with Gasteiger partial charge in [-0.15, -0.1) is 0 Å². The van der Waals surface area contributed by atoms with Crippen LogP contribution in [0.4, 0.5) is 10.1 Å². The average molecular weight is 427 g/mol. The maximum atomic E-state index is 14.8. The van der Waals surface area contributed by atoms with E-state index < -0.39 is 11.7 Å². The number of ketones is 1. The van der Waals surface area contributed by atoms with Crippen LogP contribution in [-0.2, 0) is 4.79 Å². The first-order valence-electron chi connectivity index (χ1n) is 9.29. The molecule has 0 fully saturated rings. The molecule has 5 nitrogen and oxygen atoms in total. The number of nitrogens with one attached hydrogen (secondary N) is 2. The highest BCUT2D eigenvalue weighted by Gasteiger charge is 2.23. The van der Waals surface area contributed by atoms with Crippen molar-refractivity contribution in [3.63, 3.8) is 0 Å². The van der Waals surface area contributed by atoms with Crippen LogP contribution in [0.2, 0.25) is 5.02 Å². The van der Waals surface area contributed by atoms with Gasteiger partial charge in [-0.3, -0.25) is 14.4 Å². The van der Waals surface area contributed by atoms with E-state index in [0.29, 0.717) is 27.9 Å². The Hall–Kier alpha value is -3.25. The van der Waals surface area contributed by atoms with Crippen LogP contribution in [0.3, 0.4) is 0 Å². The Kier molecular flexibility index (Phi) is 6.47. The number of carbonyl (C=O) groups is 2. The minimum atomic E-state index is -0.615. The summed E-state index contributed by atoms with van der Waals surface area (Å²) >= 11 is 5.90. The smallest absolute Gasteiger partial charge is 0.250 e. The molecular formula is C23H20ClFN2O3. The number of hydrogen-bond donors (Lipinski definition) is 2. The van der Waals surface area contributed by atoms with E-state index in [2.05, 4.69) is 10.3 Å². The number of halogens is 2. The Balaban J connectivity index is 2.03. The predicted octanol–water partition coefficient (Wildman–Crippen LogP) is 4.84. The molecule has 7 heteroatoms. The molecule has 1 heterocycles. The third-order valence-electron chi connectivity index (χ3n) is 4.75. The van der Waals surface area contributed by atoms with Gasteiger partial charge >= 0.3 is 0 Å². The fourth-order valence-electron chi connectivity index (χ4n) is 3.29. The number of anilines is 1. The lowest BCUT2D eigenvalue weighted by atomic mass is 9.85. The summed E-state index contributed by atoms with van der Waals surface area (Å²) in [6, 6.07) is 12.8. The molecule has 2 aromatic carbocycles. The SMILES string of the molecule is CC(=O)Nc1cccc(C(CC(=O)c2c[nH]c(=O)c(C)c2)c2ccc(Cl)cc2F)c1. The fourth-order valence-corrected chi connectivity index (χ4v) is 3.45. The average Bonchev–Trinajstić information content (AvgIpc) is 2.68. The molecule has 1 unspecified atom stereocenters. The minimum absolute atomic E-state index is 0.0342. The molecule has 1 amide bonds. The zero-order chi connectivity index (χ0) is 21.8. The number of benzene rings is 2. The van der Waals surface area contributed by atoms with Crippen molar-refractivity contribution >= 4 is 29.0 Å². The second-order valence-electron chi connectivity index (χ2n) is 7.05. The number of hydrogen-bond acceptors (Lipinski definition) is 3. The van der Waals surface area contributed by atoms with Crippen LogP contribution in [0.15, 0.2) is 59.5 Å². The molecule has 154 valence electrons. The van der Waals surface area contributed by atoms with Crippen LogP contribution in [0.1, 0.15) is 46.3 Å². The zero-order valence-corrected chi connectivity index (χ0v) is 17.2. The van der Waals surface area contributed by atoms with Gasteiger partial charge in [0.25, 0.3) is 5.56 Å². The quantitative estimate of drug-likeness (QED) is 0.553. The van der Waals surface area contributed by atoms with E-state index >= 15 is 0 Å². The van der Waals surface area contributed by atoms with Crippen molar-refractivity contribution in [2.45, 2.75) is 26.2 Å². The second kappa shape index (κ2) is 9.05. The van der Waals surface area contributed by atoms with Crippen molar-refractivity contribution < 1.29 is 14.0 Å². The summed E-state index contributed by atoms with van der Waals surface area (Å²) in [5.41, 5.74) is 2.01. The molecule has 1 aromatic heterocycles. The van der Waals surface area contributed by atoms with Crippen LogP contribution in [0.25, 0.3) is 0 Å². The molecule has 0 saturated heterocycles. The molecule has 0 bridgehead atoms. The lowest BCUT2D eigenvalue weighted by molar-refractivity contribution is -0.114. The number of aromatic amines is 1. The highest BCUT2D eigenvalue weighted by molar-refractivity contribution is 6.30. The molecule has 3 rings (SSSR count). The van der Waals surface area contributed by atoms with Gasteiger partial charge in [-0.05, 0) is 48.4 Å². The largest absolute Gasteiger partial charge is 0.328 e. The van der Waals surface area contributed by atoms with Crippen molar-refractivity contribution in [3.8, 4) is 0 Å².